The summed E-state index contributed by atoms with van der Waals surface area (Å²) in [6, 6.07) is 3.11. The van der Waals surface area contributed by atoms with Crippen LogP contribution in [0.5, 0.6) is 0 Å². The second-order valence-corrected chi connectivity index (χ2v) is 5.00. The molecule has 0 amide bonds. The molecule has 1 saturated carbocycles. The Morgan fingerprint density at radius 2 is 1.83 bits per heavy atom. The standard InChI is InChI=1S/C14H13F3O/c1-7-8(2)18-13-11(7)5-10(9-3-4-9)6-12(13)14(15,16)17/h5-6,9H,3-4H2,1-2H3. The molecule has 1 aliphatic rings. The molecule has 2 aromatic rings. The number of aryl methyl sites for hydroxylation is 2. The molecule has 1 heterocycles. The highest BCUT2D eigenvalue weighted by Crippen LogP contribution is 2.45. The van der Waals surface area contributed by atoms with Crippen LogP contribution in [0.3, 0.4) is 0 Å². The molecule has 3 rings (SSSR count). The van der Waals surface area contributed by atoms with Crippen LogP contribution in [0.25, 0.3) is 11.0 Å². The number of hydrogen-bond acceptors (Lipinski definition) is 1. The van der Waals surface area contributed by atoms with Gasteiger partial charge in [-0.15, -0.1) is 0 Å². The second kappa shape index (κ2) is 3.53. The quantitative estimate of drug-likeness (QED) is 0.702. The lowest BCUT2D eigenvalue weighted by Gasteiger charge is -2.09. The summed E-state index contributed by atoms with van der Waals surface area (Å²) in [6.45, 7) is 3.50. The van der Waals surface area contributed by atoms with E-state index in [0.29, 0.717) is 17.1 Å². The summed E-state index contributed by atoms with van der Waals surface area (Å²) in [5.74, 6) is 0.855. The van der Waals surface area contributed by atoms with Gasteiger partial charge in [0, 0.05) is 5.39 Å². The molecule has 0 bridgehead atoms. The van der Waals surface area contributed by atoms with Crippen molar-refractivity contribution in [2.75, 3.05) is 0 Å². The van der Waals surface area contributed by atoms with Crippen molar-refractivity contribution in [3.8, 4) is 0 Å². The van der Waals surface area contributed by atoms with Gasteiger partial charge in [0.05, 0.1) is 5.56 Å². The van der Waals surface area contributed by atoms with E-state index in [1.165, 1.54) is 6.07 Å². The predicted molar refractivity (Wildman–Crippen MR) is 62.7 cm³/mol. The van der Waals surface area contributed by atoms with Gasteiger partial charge in [-0.25, -0.2) is 0 Å². The zero-order chi connectivity index (χ0) is 13.1. The molecule has 0 atom stereocenters. The minimum Gasteiger partial charge on any atom is -0.460 e. The molecule has 1 fully saturated rings. The number of hydrogen-bond donors (Lipinski definition) is 0. The molecule has 1 aromatic heterocycles. The lowest BCUT2D eigenvalue weighted by molar-refractivity contribution is -0.136. The highest BCUT2D eigenvalue weighted by atomic mass is 19.4. The third-order valence-electron chi connectivity index (χ3n) is 3.65. The fourth-order valence-electron chi connectivity index (χ4n) is 2.32. The van der Waals surface area contributed by atoms with Crippen LogP contribution in [0.4, 0.5) is 13.2 Å². The summed E-state index contributed by atoms with van der Waals surface area (Å²) in [4.78, 5) is 0. The van der Waals surface area contributed by atoms with E-state index in [-0.39, 0.29) is 5.58 Å². The van der Waals surface area contributed by atoms with Gasteiger partial charge in [0.15, 0.2) is 0 Å². The van der Waals surface area contributed by atoms with E-state index in [4.69, 9.17) is 4.42 Å². The zero-order valence-electron chi connectivity index (χ0n) is 10.2. The van der Waals surface area contributed by atoms with Crippen LogP contribution < -0.4 is 0 Å². The largest absolute Gasteiger partial charge is 0.460 e. The molecular weight excluding hydrogens is 241 g/mol. The van der Waals surface area contributed by atoms with Crippen LogP contribution in [0.1, 0.15) is 41.2 Å². The number of rotatable bonds is 1. The van der Waals surface area contributed by atoms with Crippen molar-refractivity contribution in [2.24, 2.45) is 0 Å². The van der Waals surface area contributed by atoms with E-state index in [1.807, 2.05) is 6.07 Å². The molecule has 1 aromatic carbocycles. The summed E-state index contributed by atoms with van der Waals surface area (Å²) in [5.41, 5.74) is 0.928. The minimum atomic E-state index is -4.36. The normalized spacial score (nSPS) is 16.5. The minimum absolute atomic E-state index is 0.0260. The average molecular weight is 254 g/mol. The third kappa shape index (κ3) is 1.71. The second-order valence-electron chi connectivity index (χ2n) is 5.00. The van der Waals surface area contributed by atoms with E-state index >= 15 is 0 Å². The fraction of sp³-hybridized carbons (Fsp3) is 0.429. The number of benzene rings is 1. The van der Waals surface area contributed by atoms with Gasteiger partial charge in [0.2, 0.25) is 0 Å². The van der Waals surface area contributed by atoms with Gasteiger partial charge in [0.1, 0.15) is 11.3 Å². The van der Waals surface area contributed by atoms with Crippen molar-refractivity contribution in [3.05, 3.63) is 34.6 Å². The maximum Gasteiger partial charge on any atom is 0.420 e. The summed E-state index contributed by atoms with van der Waals surface area (Å²) in [5, 5.41) is 0.601. The molecule has 1 nitrogen and oxygen atoms in total. The Hall–Kier alpha value is -1.45. The van der Waals surface area contributed by atoms with Crippen LogP contribution in [0.15, 0.2) is 16.5 Å². The first kappa shape index (κ1) is 11.6. The lowest BCUT2D eigenvalue weighted by Crippen LogP contribution is -2.06. The Bertz CT molecular complexity index is 618. The monoisotopic (exact) mass is 254 g/mol. The van der Waals surface area contributed by atoms with E-state index in [9.17, 15) is 13.2 Å². The van der Waals surface area contributed by atoms with Gasteiger partial charge < -0.3 is 4.42 Å². The van der Waals surface area contributed by atoms with Crippen LogP contribution >= 0.6 is 0 Å². The molecule has 0 spiro atoms. The van der Waals surface area contributed by atoms with E-state index < -0.39 is 11.7 Å². The number of furan rings is 1. The predicted octanol–water partition coefficient (Wildman–Crippen LogP) is 4.95. The summed E-state index contributed by atoms with van der Waals surface area (Å²) in [7, 11) is 0. The molecule has 0 N–H and O–H groups in total. The number of alkyl halides is 3. The molecule has 1 aliphatic carbocycles. The molecule has 4 heteroatoms. The fourth-order valence-corrected chi connectivity index (χ4v) is 2.32. The topological polar surface area (TPSA) is 13.1 Å². The number of halogens is 3. The summed E-state index contributed by atoms with van der Waals surface area (Å²) >= 11 is 0. The molecule has 0 saturated heterocycles. The Labute approximate surface area is 103 Å². The Morgan fingerprint density at radius 1 is 1.17 bits per heavy atom. The van der Waals surface area contributed by atoms with Gasteiger partial charge in [-0.05, 0) is 55.9 Å². The van der Waals surface area contributed by atoms with E-state index in [2.05, 4.69) is 0 Å². The Morgan fingerprint density at radius 3 is 2.39 bits per heavy atom. The van der Waals surface area contributed by atoms with Crippen molar-refractivity contribution >= 4 is 11.0 Å². The maximum absolute atomic E-state index is 13.1. The SMILES string of the molecule is Cc1oc2c(C(F)(F)F)cc(C3CC3)cc2c1C. The molecular formula is C14H13F3O. The van der Waals surface area contributed by atoms with Gasteiger partial charge in [-0.2, -0.15) is 13.2 Å². The molecule has 96 valence electrons. The van der Waals surface area contributed by atoms with Gasteiger partial charge in [-0.1, -0.05) is 0 Å². The van der Waals surface area contributed by atoms with Crippen molar-refractivity contribution in [1.82, 2.24) is 0 Å². The smallest absolute Gasteiger partial charge is 0.420 e. The van der Waals surface area contributed by atoms with Crippen molar-refractivity contribution in [2.45, 2.75) is 38.8 Å². The van der Waals surface area contributed by atoms with Crippen LogP contribution in [0.2, 0.25) is 0 Å². The van der Waals surface area contributed by atoms with Gasteiger partial charge >= 0.3 is 6.18 Å². The summed E-state index contributed by atoms with van der Waals surface area (Å²) < 4.78 is 44.5. The molecule has 0 aliphatic heterocycles. The van der Waals surface area contributed by atoms with Gasteiger partial charge in [0.25, 0.3) is 0 Å². The third-order valence-corrected chi connectivity index (χ3v) is 3.65. The van der Waals surface area contributed by atoms with Crippen molar-refractivity contribution in [1.29, 1.82) is 0 Å². The molecule has 0 radical (unpaired) electrons. The average Bonchev–Trinajstić information content (AvgIpc) is 3.06. The highest BCUT2D eigenvalue weighted by Gasteiger charge is 2.37. The van der Waals surface area contributed by atoms with E-state index in [0.717, 1.165) is 24.0 Å². The Balaban J connectivity index is 2.34. The Kier molecular flexibility index (Phi) is 2.28. The van der Waals surface area contributed by atoms with Crippen LogP contribution in [-0.2, 0) is 6.18 Å². The van der Waals surface area contributed by atoms with Crippen LogP contribution in [-0.4, -0.2) is 0 Å². The first-order valence-electron chi connectivity index (χ1n) is 5.99. The highest BCUT2D eigenvalue weighted by molar-refractivity contribution is 5.86. The van der Waals surface area contributed by atoms with Crippen LogP contribution in [0, 0.1) is 13.8 Å². The zero-order valence-corrected chi connectivity index (χ0v) is 10.2. The lowest BCUT2D eigenvalue weighted by atomic mass is 10.0. The summed E-state index contributed by atoms with van der Waals surface area (Å²) in [6.07, 6.45) is -2.39. The van der Waals surface area contributed by atoms with Crippen molar-refractivity contribution in [3.63, 3.8) is 0 Å². The van der Waals surface area contributed by atoms with Crippen molar-refractivity contribution < 1.29 is 17.6 Å². The van der Waals surface area contributed by atoms with E-state index in [1.54, 1.807) is 13.8 Å². The first-order chi connectivity index (χ1) is 8.38. The maximum atomic E-state index is 13.1. The first-order valence-corrected chi connectivity index (χ1v) is 5.99. The number of fused-ring (bicyclic) bond motifs is 1. The van der Waals surface area contributed by atoms with Gasteiger partial charge in [-0.3, -0.25) is 0 Å². The molecule has 0 unspecified atom stereocenters. The molecule has 18 heavy (non-hydrogen) atoms.